The smallest absolute Gasteiger partial charge is 0.235 e. The van der Waals surface area contributed by atoms with Crippen LogP contribution in [0.25, 0.3) is 0 Å². The van der Waals surface area contributed by atoms with E-state index in [4.69, 9.17) is 5.73 Å². The van der Waals surface area contributed by atoms with Gasteiger partial charge < -0.3 is 10.6 Å². The molecule has 26 heavy (non-hydrogen) atoms. The first-order chi connectivity index (χ1) is 11.7. The van der Waals surface area contributed by atoms with Crippen LogP contribution in [-0.2, 0) is 14.6 Å². The Morgan fingerprint density at radius 2 is 2.04 bits per heavy atom. The fourth-order valence-electron chi connectivity index (χ4n) is 3.06. The van der Waals surface area contributed by atoms with E-state index < -0.39 is 9.84 Å². The second-order valence-corrected chi connectivity index (χ2v) is 10.5. The van der Waals surface area contributed by atoms with Gasteiger partial charge in [0.1, 0.15) is 0 Å². The summed E-state index contributed by atoms with van der Waals surface area (Å²) in [5, 5.41) is -0.335. The predicted molar refractivity (Wildman–Crippen MR) is 110 cm³/mol. The minimum atomic E-state index is -3.32. The van der Waals surface area contributed by atoms with Crippen molar-refractivity contribution in [3.8, 4) is 0 Å². The van der Waals surface area contributed by atoms with Gasteiger partial charge in [-0.3, -0.25) is 4.79 Å². The molecule has 1 fully saturated rings. The molecule has 0 aromatic heterocycles. The molecule has 0 saturated carbocycles. The number of halogens is 1. The number of benzene rings is 1. The van der Waals surface area contributed by atoms with Gasteiger partial charge in [-0.15, -0.1) is 24.2 Å². The molecule has 8 heteroatoms. The lowest BCUT2D eigenvalue weighted by molar-refractivity contribution is -0.129. The van der Waals surface area contributed by atoms with Gasteiger partial charge in [0.25, 0.3) is 0 Å². The monoisotopic (exact) mass is 420 g/mol. The van der Waals surface area contributed by atoms with Crippen molar-refractivity contribution in [3.05, 3.63) is 24.3 Å². The molecule has 1 aromatic rings. The Hall–Kier alpha value is -0.760. The molecule has 0 aliphatic carbocycles. The number of sulfone groups is 1. The summed E-state index contributed by atoms with van der Waals surface area (Å²) in [5.41, 5.74) is 5.80. The van der Waals surface area contributed by atoms with Crippen LogP contribution in [0, 0.1) is 5.41 Å². The Morgan fingerprint density at radius 1 is 1.38 bits per heavy atom. The molecule has 2 atom stereocenters. The van der Waals surface area contributed by atoms with Crippen LogP contribution in [0.15, 0.2) is 34.1 Å². The van der Waals surface area contributed by atoms with Gasteiger partial charge in [0.05, 0.1) is 15.9 Å². The van der Waals surface area contributed by atoms with Crippen LogP contribution in [0.1, 0.15) is 33.6 Å². The summed E-state index contributed by atoms with van der Waals surface area (Å²) in [7, 11) is -3.32. The van der Waals surface area contributed by atoms with E-state index in [-0.39, 0.29) is 34.7 Å². The Morgan fingerprint density at radius 3 is 2.62 bits per heavy atom. The summed E-state index contributed by atoms with van der Waals surface area (Å²) in [6, 6.07) is 6.95. The molecule has 2 unspecified atom stereocenters. The molecule has 1 heterocycles. The van der Waals surface area contributed by atoms with E-state index >= 15 is 0 Å². The Balaban J connectivity index is 0.00000338. The molecular formula is C18H29ClN2O3S2. The van der Waals surface area contributed by atoms with Crippen molar-refractivity contribution in [2.24, 2.45) is 11.1 Å². The fraction of sp³-hybridized carbons (Fsp3) is 0.611. The summed E-state index contributed by atoms with van der Waals surface area (Å²) in [6.45, 7) is 7.74. The zero-order valence-corrected chi connectivity index (χ0v) is 18.1. The molecule has 1 amide bonds. The maximum absolute atomic E-state index is 12.8. The molecule has 1 aliphatic heterocycles. The first-order valence-corrected chi connectivity index (χ1v) is 11.2. The minimum Gasteiger partial charge on any atom is -0.341 e. The van der Waals surface area contributed by atoms with E-state index in [0.29, 0.717) is 35.8 Å². The van der Waals surface area contributed by atoms with Gasteiger partial charge in [-0.25, -0.2) is 8.42 Å². The average Bonchev–Trinajstić information content (AvgIpc) is 2.97. The van der Waals surface area contributed by atoms with Crippen molar-refractivity contribution < 1.29 is 13.2 Å². The van der Waals surface area contributed by atoms with Gasteiger partial charge in [0.2, 0.25) is 5.91 Å². The predicted octanol–water partition coefficient (Wildman–Crippen LogP) is 2.97. The highest BCUT2D eigenvalue weighted by Crippen LogP contribution is 2.34. The van der Waals surface area contributed by atoms with Crippen molar-refractivity contribution >= 4 is 39.9 Å². The fourth-order valence-corrected chi connectivity index (χ4v) is 5.97. The number of hydrogen-bond donors (Lipinski definition) is 1. The first kappa shape index (κ1) is 23.3. The van der Waals surface area contributed by atoms with Gasteiger partial charge >= 0.3 is 0 Å². The summed E-state index contributed by atoms with van der Waals surface area (Å²) in [6.07, 6.45) is 1.48. The van der Waals surface area contributed by atoms with Crippen LogP contribution in [0.5, 0.6) is 0 Å². The second kappa shape index (κ2) is 9.44. The zero-order chi connectivity index (χ0) is 18.7. The van der Waals surface area contributed by atoms with Crippen molar-refractivity contribution in [2.45, 2.75) is 48.7 Å². The molecule has 2 N–H and O–H groups in total. The summed E-state index contributed by atoms with van der Waals surface area (Å²) in [5.74, 6) is 0.165. The maximum Gasteiger partial charge on any atom is 0.235 e. The van der Waals surface area contributed by atoms with Gasteiger partial charge in [-0.1, -0.05) is 26.0 Å². The Kier molecular flexibility index (Phi) is 8.45. The molecule has 1 aliphatic rings. The summed E-state index contributed by atoms with van der Waals surface area (Å²) in [4.78, 5) is 15.6. The quantitative estimate of drug-likeness (QED) is 0.686. The number of hydrogen-bond acceptors (Lipinski definition) is 5. The highest BCUT2D eigenvalue weighted by atomic mass is 35.5. The lowest BCUT2D eigenvalue weighted by atomic mass is 9.90. The average molecular weight is 421 g/mol. The van der Waals surface area contributed by atoms with Crippen LogP contribution < -0.4 is 5.73 Å². The lowest BCUT2D eigenvalue weighted by Crippen LogP contribution is -2.38. The van der Waals surface area contributed by atoms with Gasteiger partial charge in [-0.05, 0) is 43.9 Å². The summed E-state index contributed by atoms with van der Waals surface area (Å²) < 4.78 is 24.9. The standard InChI is InChI=1S/C18H28N2O3S2.ClH/c1-4-11-25(22,23)16-8-6-5-7-15(16)24-14(2)17(21)20-10-9-18(3,12-19)13-20;/h5-8,14H,4,9-13,19H2,1-3H3;1H. The van der Waals surface area contributed by atoms with Gasteiger partial charge in [0.15, 0.2) is 9.84 Å². The largest absolute Gasteiger partial charge is 0.341 e. The third-order valence-corrected chi connectivity index (χ3v) is 7.94. The number of nitrogens with zero attached hydrogens (tertiary/aromatic N) is 1. The van der Waals surface area contributed by atoms with Crippen LogP contribution in [0.4, 0.5) is 0 Å². The van der Waals surface area contributed by atoms with Crippen molar-refractivity contribution in [1.82, 2.24) is 4.90 Å². The molecule has 0 spiro atoms. The number of amides is 1. The molecule has 1 saturated heterocycles. The molecule has 2 rings (SSSR count). The van der Waals surface area contributed by atoms with Crippen LogP contribution in [0.3, 0.4) is 0 Å². The Labute approximate surface area is 167 Å². The molecule has 0 bridgehead atoms. The van der Waals surface area contributed by atoms with E-state index in [1.165, 1.54) is 11.8 Å². The first-order valence-electron chi connectivity index (χ1n) is 8.70. The van der Waals surface area contributed by atoms with Crippen molar-refractivity contribution in [3.63, 3.8) is 0 Å². The zero-order valence-electron chi connectivity index (χ0n) is 15.6. The number of thioether (sulfide) groups is 1. The number of nitrogens with two attached hydrogens (primary N) is 1. The van der Waals surface area contributed by atoms with E-state index in [2.05, 4.69) is 6.92 Å². The number of carbonyl (C=O) groups excluding carboxylic acids is 1. The number of carbonyl (C=O) groups is 1. The van der Waals surface area contributed by atoms with Gasteiger partial charge in [0, 0.05) is 18.0 Å². The third kappa shape index (κ3) is 5.38. The third-order valence-electron chi connectivity index (χ3n) is 4.67. The highest BCUT2D eigenvalue weighted by molar-refractivity contribution is 8.01. The topological polar surface area (TPSA) is 80.5 Å². The molecular weight excluding hydrogens is 392 g/mol. The molecule has 0 radical (unpaired) electrons. The minimum absolute atomic E-state index is 0. The molecule has 1 aromatic carbocycles. The maximum atomic E-state index is 12.8. The van der Waals surface area contributed by atoms with Crippen LogP contribution >= 0.6 is 24.2 Å². The number of rotatable bonds is 7. The SMILES string of the molecule is CCCS(=O)(=O)c1ccccc1SC(C)C(=O)N1CCC(C)(CN)C1.Cl. The lowest BCUT2D eigenvalue weighted by Gasteiger charge is -2.24. The van der Waals surface area contributed by atoms with Gasteiger partial charge in [-0.2, -0.15) is 0 Å². The van der Waals surface area contributed by atoms with Crippen LogP contribution in [-0.4, -0.2) is 49.9 Å². The van der Waals surface area contributed by atoms with E-state index in [9.17, 15) is 13.2 Å². The normalized spacial score (nSPS) is 21.3. The van der Waals surface area contributed by atoms with E-state index in [1.54, 1.807) is 18.2 Å². The summed E-state index contributed by atoms with van der Waals surface area (Å²) >= 11 is 1.32. The second-order valence-electron chi connectivity index (χ2n) is 7.05. The number of likely N-dealkylation sites (tertiary alicyclic amines) is 1. The molecule has 5 nitrogen and oxygen atoms in total. The van der Waals surface area contributed by atoms with E-state index in [0.717, 1.165) is 6.42 Å². The highest BCUT2D eigenvalue weighted by Gasteiger charge is 2.36. The van der Waals surface area contributed by atoms with Crippen LogP contribution in [0.2, 0.25) is 0 Å². The van der Waals surface area contributed by atoms with Crippen molar-refractivity contribution in [1.29, 1.82) is 0 Å². The Bertz CT molecular complexity index is 727. The van der Waals surface area contributed by atoms with E-state index in [1.807, 2.05) is 24.8 Å². The molecule has 148 valence electrons. The van der Waals surface area contributed by atoms with Crippen molar-refractivity contribution in [2.75, 3.05) is 25.4 Å².